The summed E-state index contributed by atoms with van der Waals surface area (Å²) in [4.78, 5) is 24.3. The zero-order valence-electron chi connectivity index (χ0n) is 9.91. The molecule has 6 heteroatoms. The summed E-state index contributed by atoms with van der Waals surface area (Å²) in [6.07, 6.45) is -1.18. The molecule has 0 radical (unpaired) electrons. The third kappa shape index (κ3) is 3.10. The highest BCUT2D eigenvalue weighted by Gasteiger charge is 2.34. The fourth-order valence-corrected chi connectivity index (χ4v) is 1.83. The number of carbonyl (C=O) groups excluding carboxylic acids is 1. The van der Waals surface area contributed by atoms with E-state index in [1.165, 1.54) is 0 Å². The lowest BCUT2D eigenvalue weighted by Crippen LogP contribution is -2.60. The van der Waals surface area contributed by atoms with Crippen LogP contribution in [0.4, 0.5) is 4.79 Å². The molecular weight excluding hydrogens is 210 g/mol. The molecule has 1 aliphatic heterocycles. The molecule has 0 aliphatic carbocycles. The average molecular weight is 229 g/mol. The monoisotopic (exact) mass is 229 g/mol. The smallest absolute Gasteiger partial charge is 0.405 e. The standard InChI is InChI=1S/C10H19N3O3/c1-7-6-13(5-4-11-7)8(14)10(2,3)12-9(15)16/h7,11-12H,4-6H2,1-3H3,(H,15,16). The summed E-state index contributed by atoms with van der Waals surface area (Å²) in [6, 6.07) is 0.248. The van der Waals surface area contributed by atoms with Crippen LogP contribution in [-0.4, -0.2) is 53.2 Å². The average Bonchev–Trinajstić information content (AvgIpc) is 2.14. The van der Waals surface area contributed by atoms with E-state index >= 15 is 0 Å². The van der Waals surface area contributed by atoms with Crippen molar-refractivity contribution in [3.63, 3.8) is 0 Å². The molecule has 1 atom stereocenters. The molecule has 0 aromatic carbocycles. The third-order valence-corrected chi connectivity index (χ3v) is 2.61. The molecule has 3 N–H and O–H groups in total. The molecule has 1 rings (SSSR count). The molecule has 92 valence electrons. The van der Waals surface area contributed by atoms with Gasteiger partial charge in [-0.1, -0.05) is 0 Å². The van der Waals surface area contributed by atoms with Crippen LogP contribution in [0.25, 0.3) is 0 Å². The van der Waals surface area contributed by atoms with Gasteiger partial charge < -0.3 is 20.6 Å². The summed E-state index contributed by atoms with van der Waals surface area (Å²) in [7, 11) is 0. The van der Waals surface area contributed by atoms with Crippen LogP contribution in [0.15, 0.2) is 0 Å². The second kappa shape index (κ2) is 4.69. The Balaban J connectivity index is 2.64. The van der Waals surface area contributed by atoms with Gasteiger partial charge in [0.15, 0.2) is 0 Å². The van der Waals surface area contributed by atoms with Crippen LogP contribution >= 0.6 is 0 Å². The minimum Gasteiger partial charge on any atom is -0.465 e. The number of carbonyl (C=O) groups is 2. The van der Waals surface area contributed by atoms with Gasteiger partial charge in [0.1, 0.15) is 5.54 Å². The maximum absolute atomic E-state index is 12.1. The maximum atomic E-state index is 12.1. The molecule has 6 nitrogen and oxygen atoms in total. The molecule has 0 saturated carbocycles. The normalized spacial score (nSPS) is 21.7. The fraction of sp³-hybridized carbons (Fsp3) is 0.800. The lowest BCUT2D eigenvalue weighted by molar-refractivity contribution is -0.138. The summed E-state index contributed by atoms with van der Waals surface area (Å²) >= 11 is 0. The Labute approximate surface area is 95.0 Å². The maximum Gasteiger partial charge on any atom is 0.405 e. The molecule has 1 fully saturated rings. The largest absolute Gasteiger partial charge is 0.465 e. The second-order valence-corrected chi connectivity index (χ2v) is 4.66. The number of rotatable bonds is 2. The second-order valence-electron chi connectivity index (χ2n) is 4.66. The van der Waals surface area contributed by atoms with Crippen molar-refractivity contribution in [2.45, 2.75) is 32.4 Å². The van der Waals surface area contributed by atoms with Gasteiger partial charge in [0.25, 0.3) is 0 Å². The molecule has 2 amide bonds. The number of hydrogen-bond acceptors (Lipinski definition) is 3. The Morgan fingerprint density at radius 3 is 2.62 bits per heavy atom. The predicted octanol–water partition coefficient (Wildman–Crippen LogP) is -0.147. The SMILES string of the molecule is CC1CN(C(=O)C(C)(C)NC(=O)O)CCN1. The molecule has 1 aliphatic rings. The Morgan fingerprint density at radius 2 is 2.12 bits per heavy atom. The Hall–Kier alpha value is -1.30. The first-order chi connectivity index (χ1) is 7.33. The molecule has 0 aromatic rings. The van der Waals surface area contributed by atoms with Gasteiger partial charge in [-0.3, -0.25) is 4.79 Å². The zero-order chi connectivity index (χ0) is 12.3. The van der Waals surface area contributed by atoms with Gasteiger partial charge in [-0.25, -0.2) is 4.79 Å². The van der Waals surface area contributed by atoms with Crippen LogP contribution in [-0.2, 0) is 4.79 Å². The quantitative estimate of drug-likeness (QED) is 0.615. The summed E-state index contributed by atoms with van der Waals surface area (Å²) in [5, 5.41) is 14.1. The molecule has 16 heavy (non-hydrogen) atoms. The van der Waals surface area contributed by atoms with Crippen molar-refractivity contribution in [3.8, 4) is 0 Å². The molecule has 0 aromatic heterocycles. The Morgan fingerprint density at radius 1 is 1.50 bits per heavy atom. The third-order valence-electron chi connectivity index (χ3n) is 2.61. The van der Waals surface area contributed by atoms with Crippen LogP contribution in [0.3, 0.4) is 0 Å². The lowest BCUT2D eigenvalue weighted by atomic mass is 10.0. The van der Waals surface area contributed by atoms with Crippen LogP contribution in [0.1, 0.15) is 20.8 Å². The van der Waals surface area contributed by atoms with E-state index in [-0.39, 0.29) is 11.9 Å². The Kier molecular flexibility index (Phi) is 3.74. The van der Waals surface area contributed by atoms with Gasteiger partial charge in [-0.2, -0.15) is 0 Å². The zero-order valence-corrected chi connectivity index (χ0v) is 9.91. The van der Waals surface area contributed by atoms with Gasteiger partial charge in [-0.05, 0) is 20.8 Å². The van der Waals surface area contributed by atoms with E-state index in [4.69, 9.17) is 5.11 Å². The number of nitrogens with one attached hydrogen (secondary N) is 2. The number of amides is 2. The van der Waals surface area contributed by atoms with Gasteiger partial charge in [0.05, 0.1) is 0 Å². The molecule has 1 saturated heterocycles. The summed E-state index contributed by atoms with van der Waals surface area (Å²) in [5.74, 6) is -0.178. The Bertz CT molecular complexity index is 291. The topological polar surface area (TPSA) is 81.7 Å². The van der Waals surface area contributed by atoms with Crippen LogP contribution in [0.2, 0.25) is 0 Å². The minimum atomic E-state index is -1.18. The predicted molar refractivity (Wildman–Crippen MR) is 59.3 cm³/mol. The van der Waals surface area contributed by atoms with E-state index in [0.717, 1.165) is 6.54 Å². The molecule has 0 bridgehead atoms. The summed E-state index contributed by atoms with van der Waals surface area (Å²) < 4.78 is 0. The van der Waals surface area contributed by atoms with Crippen LogP contribution in [0.5, 0.6) is 0 Å². The summed E-state index contributed by atoms with van der Waals surface area (Å²) in [6.45, 7) is 7.14. The van der Waals surface area contributed by atoms with E-state index in [9.17, 15) is 9.59 Å². The molecule has 0 spiro atoms. The first-order valence-electron chi connectivity index (χ1n) is 5.37. The first-order valence-corrected chi connectivity index (χ1v) is 5.37. The van der Waals surface area contributed by atoms with E-state index < -0.39 is 11.6 Å². The highest BCUT2D eigenvalue weighted by molar-refractivity contribution is 5.88. The van der Waals surface area contributed by atoms with Gasteiger partial charge >= 0.3 is 6.09 Å². The molecular formula is C10H19N3O3. The van der Waals surface area contributed by atoms with Crippen molar-refractivity contribution in [1.82, 2.24) is 15.5 Å². The number of piperazine rings is 1. The van der Waals surface area contributed by atoms with Crippen molar-refractivity contribution in [1.29, 1.82) is 0 Å². The number of hydrogen-bond donors (Lipinski definition) is 3. The fourth-order valence-electron chi connectivity index (χ4n) is 1.83. The first kappa shape index (κ1) is 12.8. The highest BCUT2D eigenvalue weighted by atomic mass is 16.4. The molecule has 1 unspecified atom stereocenters. The highest BCUT2D eigenvalue weighted by Crippen LogP contribution is 2.10. The van der Waals surface area contributed by atoms with Crippen molar-refractivity contribution in [3.05, 3.63) is 0 Å². The van der Waals surface area contributed by atoms with Crippen molar-refractivity contribution >= 4 is 12.0 Å². The number of carboxylic acid groups (broad SMARTS) is 1. The van der Waals surface area contributed by atoms with Gasteiger partial charge in [0, 0.05) is 25.7 Å². The van der Waals surface area contributed by atoms with Gasteiger partial charge in [0.2, 0.25) is 5.91 Å². The van der Waals surface area contributed by atoms with Crippen molar-refractivity contribution < 1.29 is 14.7 Å². The van der Waals surface area contributed by atoms with E-state index in [0.29, 0.717) is 13.1 Å². The van der Waals surface area contributed by atoms with Gasteiger partial charge in [-0.15, -0.1) is 0 Å². The number of nitrogens with zero attached hydrogens (tertiary/aromatic N) is 1. The van der Waals surface area contributed by atoms with Crippen LogP contribution in [0, 0.1) is 0 Å². The van der Waals surface area contributed by atoms with E-state index in [1.54, 1.807) is 18.7 Å². The summed E-state index contributed by atoms with van der Waals surface area (Å²) in [5.41, 5.74) is -1.07. The minimum absolute atomic E-state index is 0.178. The van der Waals surface area contributed by atoms with Crippen molar-refractivity contribution in [2.75, 3.05) is 19.6 Å². The van der Waals surface area contributed by atoms with Crippen LogP contribution < -0.4 is 10.6 Å². The van der Waals surface area contributed by atoms with E-state index in [1.807, 2.05) is 6.92 Å². The molecule has 1 heterocycles. The van der Waals surface area contributed by atoms with Crippen molar-refractivity contribution in [2.24, 2.45) is 0 Å². The van der Waals surface area contributed by atoms with E-state index in [2.05, 4.69) is 10.6 Å². The lowest BCUT2D eigenvalue weighted by Gasteiger charge is -2.36.